The van der Waals surface area contributed by atoms with Crippen molar-refractivity contribution in [3.8, 4) is 5.75 Å². The summed E-state index contributed by atoms with van der Waals surface area (Å²) in [5.41, 5.74) is 2.39. The van der Waals surface area contributed by atoms with Crippen molar-refractivity contribution in [3.05, 3.63) is 29.3 Å². The number of aliphatic hydroxyl groups is 1. The van der Waals surface area contributed by atoms with Crippen LogP contribution in [0.1, 0.15) is 11.1 Å². The highest BCUT2D eigenvalue weighted by molar-refractivity contribution is 5.32. The Kier molecular flexibility index (Phi) is 5.40. The SMILES string of the molecule is Cc1cc(C)cc(OC[C@H](O)C[NH+]2CC[NH+](C)CC2)c1. The highest BCUT2D eigenvalue weighted by Gasteiger charge is 2.22. The number of likely N-dealkylation sites (N-methyl/N-ethyl adjacent to an activating group) is 1. The molecule has 1 aromatic carbocycles. The second kappa shape index (κ2) is 7.07. The molecule has 1 aliphatic heterocycles. The van der Waals surface area contributed by atoms with Crippen molar-refractivity contribution in [2.45, 2.75) is 20.0 Å². The monoisotopic (exact) mass is 280 g/mol. The smallest absolute Gasteiger partial charge is 0.137 e. The van der Waals surface area contributed by atoms with E-state index >= 15 is 0 Å². The van der Waals surface area contributed by atoms with Crippen LogP contribution < -0.4 is 14.5 Å². The number of quaternary nitrogens is 2. The van der Waals surface area contributed by atoms with E-state index in [4.69, 9.17) is 4.74 Å². The van der Waals surface area contributed by atoms with E-state index in [1.54, 1.807) is 4.90 Å². The van der Waals surface area contributed by atoms with E-state index in [0.717, 1.165) is 25.4 Å². The summed E-state index contributed by atoms with van der Waals surface area (Å²) in [4.78, 5) is 3.09. The van der Waals surface area contributed by atoms with Crippen LogP contribution in [0.3, 0.4) is 0 Å². The minimum atomic E-state index is -0.385. The number of aryl methyl sites for hydroxylation is 2. The zero-order valence-corrected chi connectivity index (χ0v) is 12.9. The van der Waals surface area contributed by atoms with Crippen molar-refractivity contribution in [2.24, 2.45) is 0 Å². The third-order valence-electron chi connectivity index (χ3n) is 3.97. The van der Waals surface area contributed by atoms with Crippen LogP contribution in [0.2, 0.25) is 0 Å². The minimum absolute atomic E-state index is 0.384. The van der Waals surface area contributed by atoms with Crippen LogP contribution in [0.4, 0.5) is 0 Å². The summed E-state index contributed by atoms with van der Waals surface area (Å²) in [5.74, 6) is 0.861. The maximum atomic E-state index is 10.1. The molecule has 1 atom stereocenters. The number of aliphatic hydroxyl groups excluding tert-OH is 1. The van der Waals surface area contributed by atoms with Gasteiger partial charge in [0.05, 0.1) is 7.05 Å². The molecular weight excluding hydrogens is 252 g/mol. The normalized spacial score (nSPS) is 24.4. The fourth-order valence-corrected chi connectivity index (χ4v) is 2.84. The Morgan fingerprint density at radius 2 is 1.70 bits per heavy atom. The quantitative estimate of drug-likeness (QED) is 0.611. The van der Waals surface area contributed by atoms with Crippen molar-refractivity contribution in [1.82, 2.24) is 0 Å². The summed E-state index contributed by atoms with van der Waals surface area (Å²) in [6.45, 7) is 9.98. The van der Waals surface area contributed by atoms with Gasteiger partial charge in [0.25, 0.3) is 0 Å². The predicted molar refractivity (Wildman–Crippen MR) is 79.6 cm³/mol. The van der Waals surface area contributed by atoms with E-state index in [-0.39, 0.29) is 6.10 Å². The van der Waals surface area contributed by atoms with E-state index in [0.29, 0.717) is 6.61 Å². The molecule has 0 aliphatic carbocycles. The van der Waals surface area contributed by atoms with Crippen LogP contribution in [0.25, 0.3) is 0 Å². The van der Waals surface area contributed by atoms with E-state index in [1.807, 2.05) is 12.1 Å². The Morgan fingerprint density at radius 1 is 1.10 bits per heavy atom. The van der Waals surface area contributed by atoms with Gasteiger partial charge in [-0.1, -0.05) is 6.07 Å². The van der Waals surface area contributed by atoms with Crippen LogP contribution in [-0.2, 0) is 0 Å². The summed E-state index contributed by atoms with van der Waals surface area (Å²) in [6, 6.07) is 6.16. The van der Waals surface area contributed by atoms with Crippen molar-refractivity contribution in [2.75, 3.05) is 46.4 Å². The fourth-order valence-electron chi connectivity index (χ4n) is 2.84. The maximum Gasteiger partial charge on any atom is 0.137 e. The molecule has 20 heavy (non-hydrogen) atoms. The lowest BCUT2D eigenvalue weighted by Gasteiger charge is -2.28. The molecule has 2 rings (SSSR count). The van der Waals surface area contributed by atoms with E-state index < -0.39 is 0 Å². The third kappa shape index (κ3) is 4.78. The van der Waals surface area contributed by atoms with Gasteiger partial charge in [-0.2, -0.15) is 0 Å². The summed E-state index contributed by atoms with van der Waals surface area (Å²) < 4.78 is 5.72. The van der Waals surface area contributed by atoms with Gasteiger partial charge in [-0.3, -0.25) is 0 Å². The lowest BCUT2D eigenvalue weighted by molar-refractivity contribution is -1.00. The van der Waals surface area contributed by atoms with Crippen LogP contribution >= 0.6 is 0 Å². The number of ether oxygens (including phenoxy) is 1. The molecule has 4 heteroatoms. The second-order valence-electron chi connectivity index (χ2n) is 6.20. The van der Waals surface area contributed by atoms with Gasteiger partial charge in [-0.25, -0.2) is 0 Å². The first-order chi connectivity index (χ1) is 9.52. The molecule has 0 unspecified atom stereocenters. The Bertz CT molecular complexity index is 408. The third-order valence-corrected chi connectivity index (χ3v) is 3.97. The van der Waals surface area contributed by atoms with Crippen molar-refractivity contribution < 1.29 is 19.6 Å². The summed E-state index contributed by atoms with van der Waals surface area (Å²) in [7, 11) is 2.23. The first kappa shape index (κ1) is 15.3. The Balaban J connectivity index is 1.75. The summed E-state index contributed by atoms with van der Waals surface area (Å²) in [5, 5.41) is 10.1. The van der Waals surface area contributed by atoms with Gasteiger partial charge in [0.15, 0.2) is 0 Å². The van der Waals surface area contributed by atoms with Crippen LogP contribution in [0, 0.1) is 13.8 Å². The molecule has 0 spiro atoms. The molecule has 1 saturated heterocycles. The second-order valence-corrected chi connectivity index (χ2v) is 6.20. The molecule has 112 valence electrons. The average molecular weight is 280 g/mol. The van der Waals surface area contributed by atoms with Gasteiger partial charge in [-0.15, -0.1) is 0 Å². The number of piperazine rings is 1. The van der Waals surface area contributed by atoms with E-state index in [1.165, 1.54) is 29.1 Å². The Morgan fingerprint density at radius 3 is 2.30 bits per heavy atom. The summed E-state index contributed by atoms with van der Waals surface area (Å²) in [6.07, 6.45) is -0.385. The first-order valence-electron chi connectivity index (χ1n) is 7.57. The molecule has 0 amide bonds. The number of nitrogens with one attached hydrogen (secondary N) is 2. The van der Waals surface area contributed by atoms with Crippen molar-refractivity contribution >= 4 is 0 Å². The molecule has 1 aromatic rings. The van der Waals surface area contributed by atoms with Gasteiger partial charge in [0.2, 0.25) is 0 Å². The van der Waals surface area contributed by atoms with Crippen molar-refractivity contribution in [1.29, 1.82) is 0 Å². The molecule has 0 saturated carbocycles. The van der Waals surface area contributed by atoms with Gasteiger partial charge in [0.1, 0.15) is 51.2 Å². The Hall–Kier alpha value is -1.10. The molecular formula is C16H28N2O2+2. The van der Waals surface area contributed by atoms with Crippen LogP contribution in [0.5, 0.6) is 5.75 Å². The fraction of sp³-hybridized carbons (Fsp3) is 0.625. The number of hydrogen-bond acceptors (Lipinski definition) is 2. The maximum absolute atomic E-state index is 10.1. The standard InChI is InChI=1S/C16H26N2O2/c1-13-8-14(2)10-16(9-13)20-12-15(19)11-18-6-4-17(3)5-7-18/h8-10,15,19H,4-7,11-12H2,1-3H3/p+2/t15-/m1/s1. The van der Waals surface area contributed by atoms with Crippen LogP contribution in [-0.4, -0.2) is 57.6 Å². The van der Waals surface area contributed by atoms with Gasteiger partial charge in [0, 0.05) is 0 Å². The van der Waals surface area contributed by atoms with Gasteiger partial charge < -0.3 is 19.6 Å². The molecule has 3 N–H and O–H groups in total. The molecule has 0 radical (unpaired) electrons. The largest absolute Gasteiger partial charge is 0.491 e. The molecule has 4 nitrogen and oxygen atoms in total. The summed E-state index contributed by atoms with van der Waals surface area (Å²) >= 11 is 0. The average Bonchev–Trinajstić information content (AvgIpc) is 2.38. The highest BCUT2D eigenvalue weighted by Crippen LogP contribution is 2.16. The molecule has 0 bridgehead atoms. The molecule has 1 aliphatic rings. The highest BCUT2D eigenvalue weighted by atomic mass is 16.5. The van der Waals surface area contributed by atoms with E-state index in [2.05, 4.69) is 27.0 Å². The lowest BCUT2D eigenvalue weighted by atomic mass is 10.1. The molecule has 1 heterocycles. The number of rotatable bonds is 5. The van der Waals surface area contributed by atoms with E-state index in [9.17, 15) is 5.11 Å². The minimum Gasteiger partial charge on any atom is -0.491 e. The van der Waals surface area contributed by atoms with Gasteiger partial charge >= 0.3 is 0 Å². The van der Waals surface area contributed by atoms with Crippen molar-refractivity contribution in [3.63, 3.8) is 0 Å². The molecule has 1 fully saturated rings. The topological polar surface area (TPSA) is 38.3 Å². The number of benzene rings is 1. The lowest BCUT2D eigenvalue weighted by Crippen LogP contribution is -3.27. The van der Waals surface area contributed by atoms with Crippen LogP contribution in [0.15, 0.2) is 18.2 Å². The molecule has 0 aromatic heterocycles. The zero-order chi connectivity index (χ0) is 14.5. The number of hydrogen-bond donors (Lipinski definition) is 3. The Labute approximate surface area is 122 Å². The van der Waals surface area contributed by atoms with Gasteiger partial charge in [-0.05, 0) is 37.1 Å². The first-order valence-corrected chi connectivity index (χ1v) is 7.57. The predicted octanol–water partition coefficient (Wildman–Crippen LogP) is -1.54. The zero-order valence-electron chi connectivity index (χ0n) is 12.9.